The zero-order valence-corrected chi connectivity index (χ0v) is 14.3. The molecule has 0 spiro atoms. The Kier molecular flexibility index (Phi) is 5.61. The summed E-state index contributed by atoms with van der Waals surface area (Å²) in [4.78, 5) is 22.2. The number of carboxylic acids is 1. The summed E-state index contributed by atoms with van der Waals surface area (Å²) in [5.74, 6) is -1.84. The third kappa shape index (κ3) is 4.94. The largest absolute Gasteiger partial charge is 0.481 e. The highest BCUT2D eigenvalue weighted by molar-refractivity contribution is 7.89. The quantitative estimate of drug-likeness (QED) is 0.649. The highest BCUT2D eigenvalue weighted by Crippen LogP contribution is 2.35. The first-order valence-electron chi connectivity index (χ1n) is 7.63. The van der Waals surface area contributed by atoms with Gasteiger partial charge in [-0.05, 0) is 37.5 Å². The molecule has 1 aliphatic carbocycles. The second kappa shape index (κ2) is 7.23. The van der Waals surface area contributed by atoms with Crippen molar-refractivity contribution >= 4 is 21.9 Å². The van der Waals surface area contributed by atoms with Crippen molar-refractivity contribution in [2.45, 2.75) is 42.3 Å². The third-order valence-corrected chi connectivity index (χ3v) is 5.50. The van der Waals surface area contributed by atoms with E-state index in [1.807, 2.05) is 4.72 Å². The Balaban J connectivity index is 2.02. The van der Waals surface area contributed by atoms with E-state index < -0.39 is 50.6 Å². The number of benzene rings is 1. The summed E-state index contributed by atoms with van der Waals surface area (Å²) in [5.41, 5.74) is -2.02. The maximum absolute atomic E-state index is 12.7. The van der Waals surface area contributed by atoms with Gasteiger partial charge in [0, 0.05) is 0 Å². The highest BCUT2D eigenvalue weighted by atomic mass is 32.2. The van der Waals surface area contributed by atoms with Gasteiger partial charge in [-0.15, -0.1) is 0 Å². The number of carboxylic acid groups (broad SMARTS) is 1. The van der Waals surface area contributed by atoms with Crippen molar-refractivity contribution < 1.29 is 36.3 Å². The molecule has 0 heterocycles. The van der Waals surface area contributed by atoms with E-state index in [2.05, 4.69) is 5.32 Å². The normalized spacial score (nSPS) is 16.6. The zero-order valence-electron chi connectivity index (χ0n) is 13.5. The standard InChI is InChI=1S/C15H17F3N2O5S/c16-15(17,18)10-3-1-4-11(7-10)26(24,25)19-9-12(21)20-14(5-2-6-14)8-13(22)23/h1,3-4,7,19H,2,5-6,8-9H2,(H,20,21)(H,22,23). The minimum atomic E-state index is -4.70. The molecule has 26 heavy (non-hydrogen) atoms. The molecule has 11 heteroatoms. The Morgan fingerprint density at radius 2 is 1.88 bits per heavy atom. The van der Waals surface area contributed by atoms with Gasteiger partial charge in [0.1, 0.15) is 0 Å². The van der Waals surface area contributed by atoms with Gasteiger partial charge in [0.2, 0.25) is 15.9 Å². The van der Waals surface area contributed by atoms with Crippen molar-refractivity contribution in [3.05, 3.63) is 29.8 Å². The smallest absolute Gasteiger partial charge is 0.416 e. The molecule has 0 radical (unpaired) electrons. The van der Waals surface area contributed by atoms with E-state index >= 15 is 0 Å². The molecule has 1 aliphatic rings. The summed E-state index contributed by atoms with van der Waals surface area (Å²) >= 11 is 0. The number of hydrogen-bond acceptors (Lipinski definition) is 4. The second-order valence-corrected chi connectivity index (χ2v) is 7.87. The molecular weight excluding hydrogens is 377 g/mol. The minimum Gasteiger partial charge on any atom is -0.481 e. The summed E-state index contributed by atoms with van der Waals surface area (Å²) in [6, 6.07) is 3.14. The summed E-state index contributed by atoms with van der Waals surface area (Å²) in [6.45, 7) is -0.708. The van der Waals surface area contributed by atoms with Crippen LogP contribution in [-0.4, -0.2) is 37.5 Å². The van der Waals surface area contributed by atoms with Crippen LogP contribution in [0.2, 0.25) is 0 Å². The number of carbonyl (C=O) groups is 2. The molecular formula is C15H17F3N2O5S. The molecule has 0 aliphatic heterocycles. The Morgan fingerprint density at radius 1 is 1.23 bits per heavy atom. The fourth-order valence-electron chi connectivity index (χ4n) is 2.66. The molecule has 1 aromatic carbocycles. The molecule has 0 atom stereocenters. The lowest BCUT2D eigenvalue weighted by Crippen LogP contribution is -2.56. The van der Waals surface area contributed by atoms with Crippen molar-refractivity contribution in [3.63, 3.8) is 0 Å². The predicted molar refractivity (Wildman–Crippen MR) is 83.6 cm³/mol. The number of aliphatic carboxylic acids is 1. The van der Waals surface area contributed by atoms with Crippen LogP contribution in [0.15, 0.2) is 29.2 Å². The number of carbonyl (C=O) groups excluding carboxylic acids is 1. The Labute approximate surface area is 147 Å². The topological polar surface area (TPSA) is 113 Å². The van der Waals surface area contributed by atoms with Gasteiger partial charge >= 0.3 is 12.1 Å². The van der Waals surface area contributed by atoms with Gasteiger partial charge < -0.3 is 10.4 Å². The van der Waals surface area contributed by atoms with Crippen LogP contribution in [0.3, 0.4) is 0 Å². The number of nitrogens with one attached hydrogen (secondary N) is 2. The first kappa shape index (κ1) is 20.2. The molecule has 1 aromatic rings. The van der Waals surface area contributed by atoms with Crippen molar-refractivity contribution in [1.29, 1.82) is 0 Å². The summed E-state index contributed by atoms with van der Waals surface area (Å²) in [6.07, 6.45) is -3.31. The molecule has 144 valence electrons. The maximum Gasteiger partial charge on any atom is 0.416 e. The highest BCUT2D eigenvalue weighted by Gasteiger charge is 2.40. The number of amides is 1. The summed E-state index contributed by atoms with van der Waals surface area (Å²) in [7, 11) is -4.33. The van der Waals surface area contributed by atoms with Crippen molar-refractivity contribution in [3.8, 4) is 0 Å². The van der Waals surface area contributed by atoms with Crippen LogP contribution in [0.4, 0.5) is 13.2 Å². The average molecular weight is 394 g/mol. The van der Waals surface area contributed by atoms with Crippen LogP contribution in [0.1, 0.15) is 31.2 Å². The third-order valence-electron chi connectivity index (χ3n) is 4.10. The van der Waals surface area contributed by atoms with E-state index in [1.165, 1.54) is 0 Å². The second-order valence-electron chi connectivity index (χ2n) is 6.10. The van der Waals surface area contributed by atoms with Gasteiger partial charge in [-0.2, -0.15) is 13.2 Å². The Hall–Kier alpha value is -2.14. The van der Waals surface area contributed by atoms with E-state index in [0.29, 0.717) is 18.9 Å². The number of halogens is 3. The molecule has 1 fully saturated rings. The van der Waals surface area contributed by atoms with Gasteiger partial charge in [0.15, 0.2) is 0 Å². The fraction of sp³-hybridized carbons (Fsp3) is 0.467. The van der Waals surface area contributed by atoms with Crippen LogP contribution in [0.5, 0.6) is 0 Å². The molecule has 0 aromatic heterocycles. The number of hydrogen-bond donors (Lipinski definition) is 3. The van der Waals surface area contributed by atoms with Gasteiger partial charge in [-0.1, -0.05) is 6.07 Å². The van der Waals surface area contributed by atoms with Crippen LogP contribution < -0.4 is 10.0 Å². The first-order chi connectivity index (χ1) is 11.9. The monoisotopic (exact) mass is 394 g/mol. The van der Waals surface area contributed by atoms with Crippen molar-refractivity contribution in [1.82, 2.24) is 10.0 Å². The number of alkyl halides is 3. The minimum absolute atomic E-state index is 0.279. The lowest BCUT2D eigenvalue weighted by molar-refractivity contribution is -0.140. The SMILES string of the molecule is O=C(O)CC1(NC(=O)CNS(=O)(=O)c2cccc(C(F)(F)F)c2)CCC1. The Bertz CT molecular complexity index is 804. The molecule has 0 bridgehead atoms. The molecule has 0 saturated heterocycles. The van der Waals surface area contributed by atoms with Crippen LogP contribution in [-0.2, 0) is 25.8 Å². The van der Waals surface area contributed by atoms with Gasteiger partial charge in [0.25, 0.3) is 0 Å². The van der Waals surface area contributed by atoms with E-state index in [1.54, 1.807) is 0 Å². The van der Waals surface area contributed by atoms with Crippen molar-refractivity contribution in [2.75, 3.05) is 6.54 Å². The lowest BCUT2D eigenvalue weighted by Gasteiger charge is -2.41. The molecule has 0 unspecified atom stereocenters. The predicted octanol–water partition coefficient (Wildman–Crippen LogP) is 1.50. The van der Waals surface area contributed by atoms with Crippen molar-refractivity contribution in [2.24, 2.45) is 0 Å². The number of sulfonamides is 1. The van der Waals surface area contributed by atoms with Crippen LogP contribution >= 0.6 is 0 Å². The molecule has 3 N–H and O–H groups in total. The van der Waals surface area contributed by atoms with Crippen LogP contribution in [0.25, 0.3) is 0 Å². The van der Waals surface area contributed by atoms with Gasteiger partial charge in [-0.3, -0.25) is 9.59 Å². The average Bonchev–Trinajstić information content (AvgIpc) is 2.50. The van der Waals surface area contributed by atoms with Gasteiger partial charge in [-0.25, -0.2) is 13.1 Å². The zero-order chi connectivity index (χ0) is 19.6. The molecule has 7 nitrogen and oxygen atoms in total. The molecule has 2 rings (SSSR count). The van der Waals surface area contributed by atoms with E-state index in [9.17, 15) is 31.2 Å². The van der Waals surface area contributed by atoms with Crippen LogP contribution in [0, 0.1) is 0 Å². The molecule has 1 saturated carbocycles. The van der Waals surface area contributed by atoms with E-state index in [-0.39, 0.29) is 6.42 Å². The first-order valence-corrected chi connectivity index (χ1v) is 9.12. The number of rotatable bonds is 7. The molecule has 1 amide bonds. The van der Waals surface area contributed by atoms with E-state index in [0.717, 1.165) is 24.6 Å². The summed E-state index contributed by atoms with van der Waals surface area (Å²) in [5, 5.41) is 11.4. The van der Waals surface area contributed by atoms with E-state index in [4.69, 9.17) is 5.11 Å². The van der Waals surface area contributed by atoms with Gasteiger partial charge in [0.05, 0.1) is 29.0 Å². The Morgan fingerprint density at radius 3 is 2.38 bits per heavy atom. The summed E-state index contributed by atoms with van der Waals surface area (Å²) < 4.78 is 64.1. The maximum atomic E-state index is 12.7. The fourth-order valence-corrected chi connectivity index (χ4v) is 3.69. The lowest BCUT2D eigenvalue weighted by atomic mass is 9.74.